The summed E-state index contributed by atoms with van der Waals surface area (Å²) < 4.78 is 16.5. The number of hydrogen-bond acceptors (Lipinski definition) is 2. The monoisotopic (exact) mass is 337 g/mol. The Labute approximate surface area is 126 Å². The molecule has 3 rings (SSSR count). The summed E-state index contributed by atoms with van der Waals surface area (Å²) in [6, 6.07) is 6.95. The molecule has 1 aromatic heterocycles. The van der Waals surface area contributed by atoms with Crippen molar-refractivity contribution < 1.29 is 4.39 Å². The van der Waals surface area contributed by atoms with Gasteiger partial charge in [0.2, 0.25) is 0 Å². The van der Waals surface area contributed by atoms with Gasteiger partial charge in [-0.15, -0.1) is 0 Å². The van der Waals surface area contributed by atoms with Gasteiger partial charge in [-0.05, 0) is 40.5 Å². The molecule has 2 heterocycles. The van der Waals surface area contributed by atoms with Crippen LogP contribution >= 0.6 is 15.9 Å². The first kappa shape index (κ1) is 13.8. The van der Waals surface area contributed by atoms with Gasteiger partial charge in [-0.1, -0.05) is 12.1 Å². The van der Waals surface area contributed by atoms with Gasteiger partial charge in [0.15, 0.2) is 0 Å². The zero-order valence-corrected chi connectivity index (χ0v) is 13.2. The Hall–Kier alpha value is -1.20. The highest BCUT2D eigenvalue weighted by Gasteiger charge is 2.40. The number of nitrogens with zero attached hydrogens (tertiary/aromatic N) is 2. The zero-order chi connectivity index (χ0) is 14.3. The largest absolute Gasteiger partial charge is 0.315 e. The lowest BCUT2D eigenvalue weighted by Gasteiger charge is -2.43. The molecule has 1 fully saturated rings. The van der Waals surface area contributed by atoms with Gasteiger partial charge in [-0.2, -0.15) is 5.10 Å². The standard InChI is InChI=1S/C15H17BrFN3/c1-10-14(16)13(20(2)19-10)7-15(8-18-9-15)11-4-3-5-12(17)6-11/h3-6,18H,7-9H2,1-2H3. The van der Waals surface area contributed by atoms with Crippen LogP contribution in [0.5, 0.6) is 0 Å². The van der Waals surface area contributed by atoms with E-state index in [-0.39, 0.29) is 11.2 Å². The van der Waals surface area contributed by atoms with E-state index in [0.717, 1.165) is 40.9 Å². The Balaban J connectivity index is 1.98. The number of aryl methyl sites for hydroxylation is 2. The summed E-state index contributed by atoms with van der Waals surface area (Å²) in [6.45, 7) is 3.72. The molecule has 5 heteroatoms. The summed E-state index contributed by atoms with van der Waals surface area (Å²) in [5.74, 6) is -0.172. The molecule has 0 atom stereocenters. The highest BCUT2D eigenvalue weighted by molar-refractivity contribution is 9.10. The summed E-state index contributed by atoms with van der Waals surface area (Å²) >= 11 is 3.62. The molecule has 1 aliphatic heterocycles. The Morgan fingerprint density at radius 1 is 1.45 bits per heavy atom. The third-order valence-corrected chi connectivity index (χ3v) is 5.16. The van der Waals surface area contributed by atoms with Crippen molar-refractivity contribution in [2.75, 3.05) is 13.1 Å². The molecule has 0 radical (unpaired) electrons. The van der Waals surface area contributed by atoms with E-state index in [0.29, 0.717) is 0 Å². The Bertz CT molecular complexity index is 647. The van der Waals surface area contributed by atoms with Crippen molar-refractivity contribution in [2.45, 2.75) is 18.8 Å². The number of halogens is 2. The Kier molecular flexibility index (Phi) is 3.42. The van der Waals surface area contributed by atoms with E-state index in [1.807, 2.05) is 24.7 Å². The van der Waals surface area contributed by atoms with E-state index in [4.69, 9.17) is 0 Å². The van der Waals surface area contributed by atoms with Crippen LogP contribution in [-0.2, 0) is 18.9 Å². The Morgan fingerprint density at radius 2 is 2.20 bits per heavy atom. The molecule has 1 N–H and O–H groups in total. The molecule has 0 unspecified atom stereocenters. The third-order valence-electron chi connectivity index (χ3n) is 4.13. The van der Waals surface area contributed by atoms with Crippen molar-refractivity contribution in [1.82, 2.24) is 15.1 Å². The predicted molar refractivity (Wildman–Crippen MR) is 80.3 cm³/mol. The summed E-state index contributed by atoms with van der Waals surface area (Å²) in [6.07, 6.45) is 0.849. The minimum absolute atomic E-state index is 0.0369. The number of aromatic nitrogens is 2. The lowest BCUT2D eigenvalue weighted by molar-refractivity contribution is 0.268. The van der Waals surface area contributed by atoms with Crippen LogP contribution in [-0.4, -0.2) is 22.9 Å². The first-order valence-corrected chi connectivity index (χ1v) is 7.46. The fraction of sp³-hybridized carbons (Fsp3) is 0.400. The molecule has 0 aliphatic carbocycles. The van der Waals surface area contributed by atoms with Gasteiger partial charge in [-0.25, -0.2) is 4.39 Å². The SMILES string of the molecule is Cc1nn(C)c(CC2(c3cccc(F)c3)CNC2)c1Br. The molecule has 20 heavy (non-hydrogen) atoms. The average molecular weight is 338 g/mol. The van der Waals surface area contributed by atoms with Crippen LogP contribution in [0.3, 0.4) is 0 Å². The maximum atomic E-state index is 13.5. The van der Waals surface area contributed by atoms with Crippen LogP contribution in [0.25, 0.3) is 0 Å². The number of benzene rings is 1. The van der Waals surface area contributed by atoms with Gasteiger partial charge >= 0.3 is 0 Å². The van der Waals surface area contributed by atoms with Crippen LogP contribution in [0, 0.1) is 12.7 Å². The second-order valence-electron chi connectivity index (χ2n) is 5.54. The molecular weight excluding hydrogens is 321 g/mol. The summed E-state index contributed by atoms with van der Waals surface area (Å²) in [7, 11) is 1.96. The van der Waals surface area contributed by atoms with Crippen LogP contribution < -0.4 is 5.32 Å². The number of hydrogen-bond donors (Lipinski definition) is 1. The topological polar surface area (TPSA) is 29.9 Å². The molecule has 0 saturated carbocycles. The average Bonchev–Trinajstić information content (AvgIpc) is 2.59. The highest BCUT2D eigenvalue weighted by Crippen LogP contribution is 2.35. The fourth-order valence-electron chi connectivity index (χ4n) is 2.87. The summed E-state index contributed by atoms with van der Waals surface area (Å²) in [5, 5.41) is 7.76. The van der Waals surface area contributed by atoms with E-state index < -0.39 is 0 Å². The van der Waals surface area contributed by atoms with Gasteiger partial charge in [0.1, 0.15) is 5.82 Å². The molecule has 1 aromatic carbocycles. The predicted octanol–water partition coefficient (Wildman–Crippen LogP) is 2.71. The first-order chi connectivity index (χ1) is 9.52. The molecule has 3 nitrogen and oxygen atoms in total. The Morgan fingerprint density at radius 3 is 2.70 bits per heavy atom. The first-order valence-electron chi connectivity index (χ1n) is 6.67. The second-order valence-corrected chi connectivity index (χ2v) is 6.33. The van der Waals surface area contributed by atoms with E-state index in [2.05, 4.69) is 26.3 Å². The summed E-state index contributed by atoms with van der Waals surface area (Å²) in [4.78, 5) is 0. The van der Waals surface area contributed by atoms with Crippen molar-refractivity contribution >= 4 is 15.9 Å². The van der Waals surface area contributed by atoms with Crippen molar-refractivity contribution in [3.63, 3.8) is 0 Å². The third kappa shape index (κ3) is 2.19. The van der Waals surface area contributed by atoms with Gasteiger partial charge < -0.3 is 5.32 Å². The van der Waals surface area contributed by atoms with E-state index in [1.54, 1.807) is 12.1 Å². The van der Waals surface area contributed by atoms with Crippen molar-refractivity contribution in [2.24, 2.45) is 7.05 Å². The lowest BCUT2D eigenvalue weighted by Crippen LogP contribution is -2.58. The fourth-order valence-corrected chi connectivity index (χ4v) is 3.35. The molecule has 1 saturated heterocycles. The van der Waals surface area contributed by atoms with E-state index >= 15 is 0 Å². The maximum Gasteiger partial charge on any atom is 0.123 e. The van der Waals surface area contributed by atoms with Gasteiger partial charge in [0, 0.05) is 32.0 Å². The summed E-state index contributed by atoms with van der Waals surface area (Å²) in [5.41, 5.74) is 3.17. The molecule has 2 aromatic rings. The van der Waals surface area contributed by atoms with E-state index in [1.165, 1.54) is 6.07 Å². The van der Waals surface area contributed by atoms with Crippen molar-refractivity contribution in [3.05, 3.63) is 51.5 Å². The van der Waals surface area contributed by atoms with Gasteiger partial charge in [0.05, 0.1) is 15.9 Å². The molecular formula is C15H17BrFN3. The van der Waals surface area contributed by atoms with Crippen LogP contribution in [0.15, 0.2) is 28.7 Å². The number of nitrogens with one attached hydrogen (secondary N) is 1. The maximum absolute atomic E-state index is 13.5. The number of rotatable bonds is 3. The normalized spacial score (nSPS) is 17.0. The van der Waals surface area contributed by atoms with Crippen LogP contribution in [0.2, 0.25) is 0 Å². The minimum atomic E-state index is -0.172. The van der Waals surface area contributed by atoms with Gasteiger partial charge in [0.25, 0.3) is 0 Å². The molecule has 0 spiro atoms. The highest BCUT2D eigenvalue weighted by atomic mass is 79.9. The lowest BCUT2D eigenvalue weighted by atomic mass is 9.72. The van der Waals surface area contributed by atoms with Crippen LogP contribution in [0.1, 0.15) is 17.0 Å². The zero-order valence-electron chi connectivity index (χ0n) is 11.6. The van der Waals surface area contributed by atoms with Crippen LogP contribution in [0.4, 0.5) is 4.39 Å². The molecule has 0 bridgehead atoms. The van der Waals surface area contributed by atoms with E-state index in [9.17, 15) is 4.39 Å². The molecule has 1 aliphatic rings. The smallest absolute Gasteiger partial charge is 0.123 e. The van der Waals surface area contributed by atoms with Crippen molar-refractivity contribution in [3.8, 4) is 0 Å². The van der Waals surface area contributed by atoms with Crippen molar-refractivity contribution in [1.29, 1.82) is 0 Å². The second kappa shape index (κ2) is 4.97. The molecule has 0 amide bonds. The quantitative estimate of drug-likeness (QED) is 0.933. The minimum Gasteiger partial charge on any atom is -0.315 e. The molecule has 106 valence electrons. The van der Waals surface area contributed by atoms with Gasteiger partial charge in [-0.3, -0.25) is 4.68 Å².